The van der Waals surface area contributed by atoms with Crippen molar-refractivity contribution in [2.24, 2.45) is 0 Å². The third-order valence-corrected chi connectivity index (χ3v) is 4.87. The zero-order valence-electron chi connectivity index (χ0n) is 14.0. The summed E-state index contributed by atoms with van der Waals surface area (Å²) in [5.74, 6) is -0.269. The maximum atomic E-state index is 13.2. The van der Waals surface area contributed by atoms with Gasteiger partial charge in [-0.15, -0.1) is 5.10 Å². The first-order chi connectivity index (χ1) is 12.7. The number of aromatic nitrogens is 5. The molecule has 0 radical (unpaired) electrons. The molecule has 0 N–H and O–H groups in total. The van der Waals surface area contributed by atoms with Crippen molar-refractivity contribution in [3.8, 4) is 5.69 Å². The van der Waals surface area contributed by atoms with Crippen LogP contribution in [0.2, 0.25) is 0 Å². The maximum Gasteiger partial charge on any atom is 0.350 e. The summed E-state index contributed by atoms with van der Waals surface area (Å²) in [6, 6.07) is 11.8. The smallest absolute Gasteiger partial charge is 0.250 e. The zero-order valence-corrected chi connectivity index (χ0v) is 14.0. The van der Waals surface area contributed by atoms with Crippen molar-refractivity contribution in [3.05, 3.63) is 81.9 Å². The summed E-state index contributed by atoms with van der Waals surface area (Å²) >= 11 is 0. The molecular formula is C19H16FN5O. The molecule has 0 saturated heterocycles. The van der Waals surface area contributed by atoms with Gasteiger partial charge in [0.15, 0.2) is 5.65 Å². The minimum Gasteiger partial charge on any atom is -0.250 e. The fraction of sp³-hybridized carbons (Fsp3) is 0.211. The van der Waals surface area contributed by atoms with Crippen LogP contribution in [0.4, 0.5) is 4.39 Å². The quantitative estimate of drug-likeness (QED) is 0.571. The fourth-order valence-corrected chi connectivity index (χ4v) is 3.65. The number of hydrogen-bond donors (Lipinski definition) is 0. The molecule has 3 aromatic heterocycles. The van der Waals surface area contributed by atoms with Gasteiger partial charge in [-0.3, -0.25) is 4.40 Å². The van der Waals surface area contributed by atoms with E-state index in [9.17, 15) is 9.18 Å². The van der Waals surface area contributed by atoms with Gasteiger partial charge in [-0.25, -0.2) is 18.5 Å². The standard InChI is InChI=1S/C19H16FN5O/c20-13-7-9-14(10-8-13)25-17-5-3-4-15(17)16(21-25)12-24-19(26)23-11-2-1-6-18(23)22-24/h1-2,6-11H,3-5,12H2. The van der Waals surface area contributed by atoms with Crippen molar-refractivity contribution in [2.45, 2.75) is 25.8 Å². The molecule has 1 aliphatic carbocycles. The minimum atomic E-state index is -0.269. The van der Waals surface area contributed by atoms with Gasteiger partial charge in [-0.2, -0.15) is 5.10 Å². The molecule has 0 unspecified atom stereocenters. The second kappa shape index (κ2) is 5.66. The molecule has 4 aromatic rings. The molecule has 26 heavy (non-hydrogen) atoms. The number of fused-ring (bicyclic) bond motifs is 2. The number of rotatable bonds is 3. The van der Waals surface area contributed by atoms with E-state index in [1.165, 1.54) is 26.8 Å². The van der Waals surface area contributed by atoms with Gasteiger partial charge >= 0.3 is 5.69 Å². The predicted octanol–water partition coefficient (Wildman–Crippen LogP) is 2.36. The van der Waals surface area contributed by atoms with Crippen LogP contribution in [0, 0.1) is 5.82 Å². The Morgan fingerprint density at radius 3 is 2.69 bits per heavy atom. The number of pyridine rings is 1. The minimum absolute atomic E-state index is 0.177. The van der Waals surface area contributed by atoms with E-state index in [1.807, 2.05) is 10.7 Å². The van der Waals surface area contributed by atoms with E-state index in [1.54, 1.807) is 30.5 Å². The van der Waals surface area contributed by atoms with Crippen LogP contribution in [-0.2, 0) is 19.4 Å². The molecule has 0 amide bonds. The maximum absolute atomic E-state index is 13.2. The van der Waals surface area contributed by atoms with Crippen molar-refractivity contribution in [3.63, 3.8) is 0 Å². The molecule has 7 heteroatoms. The molecule has 0 atom stereocenters. The molecule has 0 bridgehead atoms. The lowest BCUT2D eigenvalue weighted by Gasteiger charge is -2.05. The predicted molar refractivity (Wildman–Crippen MR) is 94.1 cm³/mol. The van der Waals surface area contributed by atoms with Crippen molar-refractivity contribution >= 4 is 5.65 Å². The van der Waals surface area contributed by atoms with Gasteiger partial charge in [0, 0.05) is 11.9 Å². The molecule has 1 aromatic carbocycles. The van der Waals surface area contributed by atoms with Crippen LogP contribution in [0.25, 0.3) is 11.3 Å². The summed E-state index contributed by atoms with van der Waals surface area (Å²) in [7, 11) is 0. The van der Waals surface area contributed by atoms with E-state index >= 15 is 0 Å². The second-order valence-corrected chi connectivity index (χ2v) is 6.48. The Bertz CT molecular complexity index is 1170. The topological polar surface area (TPSA) is 57.1 Å². The normalized spacial score (nSPS) is 13.4. The Morgan fingerprint density at radius 1 is 1.04 bits per heavy atom. The average Bonchev–Trinajstić information content (AvgIpc) is 3.33. The number of nitrogens with zero attached hydrogens (tertiary/aromatic N) is 5. The highest BCUT2D eigenvalue weighted by atomic mass is 19.1. The van der Waals surface area contributed by atoms with Crippen molar-refractivity contribution in [1.29, 1.82) is 0 Å². The first-order valence-corrected chi connectivity index (χ1v) is 8.60. The van der Waals surface area contributed by atoms with Crippen molar-refractivity contribution < 1.29 is 4.39 Å². The molecule has 3 heterocycles. The van der Waals surface area contributed by atoms with Crippen LogP contribution in [0.3, 0.4) is 0 Å². The van der Waals surface area contributed by atoms with Crippen molar-refractivity contribution in [2.75, 3.05) is 0 Å². The zero-order chi connectivity index (χ0) is 17.7. The molecule has 130 valence electrons. The van der Waals surface area contributed by atoms with Crippen LogP contribution in [0.5, 0.6) is 0 Å². The third-order valence-electron chi connectivity index (χ3n) is 4.87. The van der Waals surface area contributed by atoms with Gasteiger partial charge in [-0.1, -0.05) is 6.07 Å². The summed E-state index contributed by atoms with van der Waals surface area (Å²) in [6.07, 6.45) is 4.64. The van der Waals surface area contributed by atoms with Crippen LogP contribution in [0.15, 0.2) is 53.5 Å². The van der Waals surface area contributed by atoms with E-state index in [4.69, 9.17) is 5.10 Å². The number of halogens is 1. The van der Waals surface area contributed by atoms with Gasteiger partial charge in [0.05, 0.1) is 17.9 Å². The molecule has 5 rings (SSSR count). The van der Waals surface area contributed by atoms with E-state index < -0.39 is 0 Å². The highest BCUT2D eigenvalue weighted by molar-refractivity contribution is 5.40. The Morgan fingerprint density at radius 2 is 1.88 bits per heavy atom. The lowest BCUT2D eigenvalue weighted by atomic mass is 10.2. The molecule has 6 nitrogen and oxygen atoms in total. The summed E-state index contributed by atoms with van der Waals surface area (Å²) in [5, 5.41) is 9.12. The van der Waals surface area contributed by atoms with Crippen LogP contribution in [0.1, 0.15) is 23.4 Å². The highest BCUT2D eigenvalue weighted by Gasteiger charge is 2.24. The largest absolute Gasteiger partial charge is 0.350 e. The second-order valence-electron chi connectivity index (χ2n) is 6.48. The van der Waals surface area contributed by atoms with Crippen LogP contribution in [-0.4, -0.2) is 24.0 Å². The van der Waals surface area contributed by atoms with Crippen LogP contribution >= 0.6 is 0 Å². The molecule has 0 fully saturated rings. The summed E-state index contributed by atoms with van der Waals surface area (Å²) < 4.78 is 18.1. The Hall–Kier alpha value is -3.22. The van der Waals surface area contributed by atoms with Gasteiger partial charge in [-0.05, 0) is 61.2 Å². The lowest BCUT2D eigenvalue weighted by Crippen LogP contribution is -2.22. The van der Waals surface area contributed by atoms with Gasteiger partial charge < -0.3 is 0 Å². The average molecular weight is 349 g/mol. The van der Waals surface area contributed by atoms with Gasteiger partial charge in [0.2, 0.25) is 0 Å². The molecule has 1 aliphatic rings. The third kappa shape index (κ3) is 2.28. The summed E-state index contributed by atoms with van der Waals surface area (Å²) in [5.41, 5.74) is 4.45. The van der Waals surface area contributed by atoms with Crippen molar-refractivity contribution in [1.82, 2.24) is 24.0 Å². The number of benzene rings is 1. The van der Waals surface area contributed by atoms with E-state index in [2.05, 4.69) is 5.10 Å². The first kappa shape index (κ1) is 15.1. The number of hydrogen-bond acceptors (Lipinski definition) is 3. The summed E-state index contributed by atoms with van der Waals surface area (Å²) in [6.45, 7) is 0.330. The molecular weight excluding hydrogens is 333 g/mol. The first-order valence-electron chi connectivity index (χ1n) is 8.60. The van der Waals surface area contributed by atoms with E-state index in [-0.39, 0.29) is 11.5 Å². The fourth-order valence-electron chi connectivity index (χ4n) is 3.65. The SMILES string of the molecule is O=c1n(Cc2nn(-c3ccc(F)cc3)c3c2CCC3)nc2ccccn12. The Kier molecular flexibility index (Phi) is 3.28. The molecule has 0 aliphatic heterocycles. The lowest BCUT2D eigenvalue weighted by molar-refractivity contribution is 0.623. The summed E-state index contributed by atoms with van der Waals surface area (Å²) in [4.78, 5) is 12.5. The van der Waals surface area contributed by atoms with E-state index in [0.29, 0.717) is 12.2 Å². The Labute approximate surface area is 148 Å². The van der Waals surface area contributed by atoms with E-state index in [0.717, 1.165) is 36.3 Å². The molecule has 0 spiro atoms. The monoisotopic (exact) mass is 349 g/mol. The van der Waals surface area contributed by atoms with Crippen LogP contribution < -0.4 is 5.69 Å². The van der Waals surface area contributed by atoms with Gasteiger partial charge in [0.1, 0.15) is 5.82 Å². The molecule has 0 saturated carbocycles. The Balaban J connectivity index is 1.59. The highest BCUT2D eigenvalue weighted by Crippen LogP contribution is 2.28. The van der Waals surface area contributed by atoms with Gasteiger partial charge in [0.25, 0.3) is 0 Å².